The molecule has 0 saturated heterocycles. The Labute approximate surface area is 161 Å². The van der Waals surface area contributed by atoms with Gasteiger partial charge in [0.25, 0.3) is 0 Å². The van der Waals surface area contributed by atoms with E-state index < -0.39 is 0 Å². The van der Waals surface area contributed by atoms with Crippen LogP contribution in [0.1, 0.15) is 38.7 Å². The third-order valence-electron chi connectivity index (χ3n) is 4.11. The van der Waals surface area contributed by atoms with E-state index in [9.17, 15) is 9.59 Å². The molecule has 27 heavy (non-hydrogen) atoms. The van der Waals surface area contributed by atoms with Crippen molar-refractivity contribution in [3.05, 3.63) is 60.2 Å². The molecule has 144 valence electrons. The summed E-state index contributed by atoms with van der Waals surface area (Å²) in [6, 6.07) is 18.1. The van der Waals surface area contributed by atoms with Crippen LogP contribution in [0.25, 0.3) is 0 Å². The van der Waals surface area contributed by atoms with Crippen molar-refractivity contribution < 1.29 is 9.59 Å². The summed E-state index contributed by atoms with van der Waals surface area (Å²) in [5.41, 5.74) is 2.96. The minimum absolute atomic E-state index is 0.0132. The van der Waals surface area contributed by atoms with Gasteiger partial charge in [0.2, 0.25) is 11.8 Å². The summed E-state index contributed by atoms with van der Waals surface area (Å²) >= 11 is 0. The molecule has 0 aliphatic rings. The lowest BCUT2D eigenvalue weighted by molar-refractivity contribution is -0.121. The first-order chi connectivity index (χ1) is 13.0. The molecule has 2 rings (SSSR count). The Morgan fingerprint density at radius 2 is 1.56 bits per heavy atom. The van der Waals surface area contributed by atoms with Crippen molar-refractivity contribution in [2.75, 3.05) is 17.3 Å². The van der Waals surface area contributed by atoms with Crippen molar-refractivity contribution in [1.29, 1.82) is 0 Å². The standard InChI is InChI=1S/C22H29N3O2/c1-17(2)23-21(26)14-9-15-22(27)24-19-12-7-8-13-20(19)25(3)16-18-10-5-4-6-11-18/h4-8,10-13,17H,9,14-16H2,1-3H3,(H,23,26)(H,24,27). The lowest BCUT2D eigenvalue weighted by Gasteiger charge is -2.23. The van der Waals surface area contributed by atoms with E-state index in [0.717, 1.165) is 17.9 Å². The zero-order chi connectivity index (χ0) is 19.6. The van der Waals surface area contributed by atoms with Gasteiger partial charge < -0.3 is 15.5 Å². The van der Waals surface area contributed by atoms with Crippen molar-refractivity contribution in [2.45, 2.75) is 45.7 Å². The highest BCUT2D eigenvalue weighted by Crippen LogP contribution is 2.26. The van der Waals surface area contributed by atoms with E-state index in [1.807, 2.05) is 63.4 Å². The van der Waals surface area contributed by atoms with Crippen molar-refractivity contribution in [2.24, 2.45) is 0 Å². The van der Waals surface area contributed by atoms with Crippen LogP contribution in [0.15, 0.2) is 54.6 Å². The van der Waals surface area contributed by atoms with Gasteiger partial charge >= 0.3 is 0 Å². The first-order valence-electron chi connectivity index (χ1n) is 9.39. The average Bonchev–Trinajstić information content (AvgIpc) is 2.62. The highest BCUT2D eigenvalue weighted by Gasteiger charge is 2.11. The van der Waals surface area contributed by atoms with E-state index in [2.05, 4.69) is 27.7 Å². The Hall–Kier alpha value is -2.82. The highest BCUT2D eigenvalue weighted by atomic mass is 16.2. The smallest absolute Gasteiger partial charge is 0.224 e. The summed E-state index contributed by atoms with van der Waals surface area (Å²) in [5, 5.41) is 5.82. The number of carbonyl (C=O) groups is 2. The maximum absolute atomic E-state index is 12.3. The van der Waals surface area contributed by atoms with Crippen molar-refractivity contribution in [3.8, 4) is 0 Å². The first-order valence-corrected chi connectivity index (χ1v) is 9.39. The summed E-state index contributed by atoms with van der Waals surface area (Å²) in [6.45, 7) is 4.60. The Bertz CT molecular complexity index is 744. The van der Waals surface area contributed by atoms with Crippen LogP contribution in [0, 0.1) is 0 Å². The van der Waals surface area contributed by atoms with Gasteiger partial charge in [-0.1, -0.05) is 42.5 Å². The molecule has 0 fully saturated rings. The lowest BCUT2D eigenvalue weighted by Crippen LogP contribution is -2.30. The lowest BCUT2D eigenvalue weighted by atomic mass is 10.1. The number of hydrogen-bond donors (Lipinski definition) is 2. The van der Waals surface area contributed by atoms with E-state index in [-0.39, 0.29) is 17.9 Å². The first kappa shape index (κ1) is 20.5. The molecule has 0 aliphatic heterocycles. The predicted octanol–water partition coefficient (Wildman–Crippen LogP) is 3.96. The molecular formula is C22H29N3O2. The number of hydrogen-bond acceptors (Lipinski definition) is 3. The Balaban J connectivity index is 1.91. The van der Waals surface area contributed by atoms with Gasteiger partial charge in [0, 0.05) is 32.5 Å². The molecule has 5 heteroatoms. The summed E-state index contributed by atoms with van der Waals surface area (Å²) in [6.07, 6.45) is 1.22. The normalized spacial score (nSPS) is 10.5. The monoisotopic (exact) mass is 367 g/mol. The predicted molar refractivity (Wildman–Crippen MR) is 111 cm³/mol. The molecule has 2 N–H and O–H groups in total. The van der Waals surface area contributed by atoms with Crippen LogP contribution in [-0.4, -0.2) is 24.9 Å². The molecule has 2 amide bonds. The van der Waals surface area contributed by atoms with Crippen LogP contribution in [0.3, 0.4) is 0 Å². The van der Waals surface area contributed by atoms with E-state index >= 15 is 0 Å². The fourth-order valence-electron chi connectivity index (χ4n) is 2.87. The number of anilines is 2. The van der Waals surface area contributed by atoms with Gasteiger partial charge in [0.1, 0.15) is 0 Å². The summed E-state index contributed by atoms with van der Waals surface area (Å²) in [5.74, 6) is -0.0892. The maximum atomic E-state index is 12.3. The van der Waals surface area contributed by atoms with E-state index in [4.69, 9.17) is 0 Å². The van der Waals surface area contributed by atoms with Gasteiger partial charge in [-0.3, -0.25) is 9.59 Å². The molecule has 0 aliphatic carbocycles. The van der Waals surface area contributed by atoms with Crippen LogP contribution in [0.4, 0.5) is 11.4 Å². The fraction of sp³-hybridized carbons (Fsp3) is 0.364. The fourth-order valence-corrected chi connectivity index (χ4v) is 2.87. The number of nitrogens with zero attached hydrogens (tertiary/aromatic N) is 1. The van der Waals surface area contributed by atoms with Crippen LogP contribution in [-0.2, 0) is 16.1 Å². The number of benzene rings is 2. The zero-order valence-corrected chi connectivity index (χ0v) is 16.4. The van der Waals surface area contributed by atoms with E-state index in [1.54, 1.807) is 0 Å². The Kier molecular flexibility index (Phi) is 7.86. The van der Waals surface area contributed by atoms with Gasteiger partial charge in [0.05, 0.1) is 11.4 Å². The molecule has 0 spiro atoms. The molecule has 0 saturated carbocycles. The molecule has 0 bridgehead atoms. The number of carbonyl (C=O) groups excluding carboxylic acids is 2. The minimum Gasteiger partial charge on any atom is -0.369 e. The second-order valence-corrected chi connectivity index (χ2v) is 6.98. The molecule has 0 heterocycles. The second kappa shape index (κ2) is 10.4. The SMILES string of the molecule is CC(C)NC(=O)CCCC(=O)Nc1ccccc1N(C)Cc1ccccc1. The molecule has 2 aromatic carbocycles. The largest absolute Gasteiger partial charge is 0.369 e. The van der Waals surface area contributed by atoms with E-state index in [0.29, 0.717) is 19.3 Å². The Morgan fingerprint density at radius 3 is 2.26 bits per heavy atom. The molecule has 5 nitrogen and oxygen atoms in total. The van der Waals surface area contributed by atoms with Gasteiger partial charge in [-0.05, 0) is 38.0 Å². The van der Waals surface area contributed by atoms with Gasteiger partial charge in [0.15, 0.2) is 0 Å². The third kappa shape index (κ3) is 7.13. The average molecular weight is 367 g/mol. The summed E-state index contributed by atoms with van der Waals surface area (Å²) in [7, 11) is 2.01. The molecule has 0 radical (unpaired) electrons. The maximum Gasteiger partial charge on any atom is 0.224 e. The third-order valence-corrected chi connectivity index (χ3v) is 4.11. The summed E-state index contributed by atoms with van der Waals surface area (Å²) in [4.78, 5) is 26.1. The molecule has 0 unspecified atom stereocenters. The number of nitrogens with one attached hydrogen (secondary N) is 2. The van der Waals surface area contributed by atoms with Crippen LogP contribution < -0.4 is 15.5 Å². The summed E-state index contributed by atoms with van der Waals surface area (Å²) < 4.78 is 0. The van der Waals surface area contributed by atoms with Crippen LogP contribution in [0.2, 0.25) is 0 Å². The highest BCUT2D eigenvalue weighted by molar-refractivity contribution is 5.94. The second-order valence-electron chi connectivity index (χ2n) is 6.98. The van der Waals surface area contributed by atoms with Crippen LogP contribution in [0.5, 0.6) is 0 Å². The van der Waals surface area contributed by atoms with Gasteiger partial charge in [-0.25, -0.2) is 0 Å². The van der Waals surface area contributed by atoms with Crippen molar-refractivity contribution in [3.63, 3.8) is 0 Å². The molecule has 0 aromatic heterocycles. The van der Waals surface area contributed by atoms with Crippen LogP contribution >= 0.6 is 0 Å². The minimum atomic E-state index is -0.0760. The number of amides is 2. The number of rotatable bonds is 9. The molecule has 0 atom stereocenters. The van der Waals surface area contributed by atoms with E-state index in [1.165, 1.54) is 5.56 Å². The van der Waals surface area contributed by atoms with Gasteiger partial charge in [-0.2, -0.15) is 0 Å². The van der Waals surface area contributed by atoms with Gasteiger partial charge in [-0.15, -0.1) is 0 Å². The van der Waals surface area contributed by atoms with Crippen molar-refractivity contribution in [1.82, 2.24) is 5.32 Å². The topological polar surface area (TPSA) is 61.4 Å². The Morgan fingerprint density at radius 1 is 0.926 bits per heavy atom. The number of para-hydroxylation sites is 2. The molecular weight excluding hydrogens is 338 g/mol. The van der Waals surface area contributed by atoms with Crippen molar-refractivity contribution >= 4 is 23.2 Å². The quantitative estimate of drug-likeness (QED) is 0.705. The molecule has 2 aromatic rings. The zero-order valence-electron chi connectivity index (χ0n) is 16.4.